The van der Waals surface area contributed by atoms with Gasteiger partial charge in [-0.1, -0.05) is 37.6 Å². The maximum Gasteiger partial charge on any atom is 0.345 e. The Balaban J connectivity index is 1.75. The van der Waals surface area contributed by atoms with Crippen LogP contribution in [0.2, 0.25) is 5.02 Å². The number of carbonyl (C=O) groups is 3. The van der Waals surface area contributed by atoms with E-state index < -0.39 is 12.0 Å². The molecule has 9 heteroatoms. The van der Waals surface area contributed by atoms with Crippen LogP contribution in [0.25, 0.3) is 0 Å². The van der Waals surface area contributed by atoms with Crippen LogP contribution >= 0.6 is 11.6 Å². The maximum atomic E-state index is 12.7. The van der Waals surface area contributed by atoms with Crippen LogP contribution in [-0.4, -0.2) is 48.7 Å². The van der Waals surface area contributed by atoms with Crippen molar-refractivity contribution in [2.75, 3.05) is 13.7 Å². The monoisotopic (exact) mass is 522 g/mol. The van der Waals surface area contributed by atoms with Crippen LogP contribution in [0, 0.1) is 5.92 Å². The maximum absolute atomic E-state index is 12.7. The van der Waals surface area contributed by atoms with Gasteiger partial charge in [-0.3, -0.25) is 19.6 Å². The summed E-state index contributed by atoms with van der Waals surface area (Å²) in [5, 5.41) is 0.337. The Labute approximate surface area is 220 Å². The minimum Gasteiger partial charge on any atom is -0.426 e. The van der Waals surface area contributed by atoms with Crippen molar-refractivity contribution < 1.29 is 28.6 Å². The fourth-order valence-electron chi connectivity index (χ4n) is 3.18. The first-order valence-corrected chi connectivity index (χ1v) is 11.9. The summed E-state index contributed by atoms with van der Waals surface area (Å²) in [5.41, 5.74) is 1.67. The smallest absolute Gasteiger partial charge is 0.345 e. The largest absolute Gasteiger partial charge is 0.426 e. The van der Waals surface area contributed by atoms with E-state index >= 15 is 0 Å². The molecule has 37 heavy (non-hydrogen) atoms. The third kappa shape index (κ3) is 8.63. The molecule has 0 aliphatic heterocycles. The van der Waals surface area contributed by atoms with E-state index in [0.29, 0.717) is 28.3 Å². The third-order valence-electron chi connectivity index (χ3n) is 5.11. The predicted molar refractivity (Wildman–Crippen MR) is 140 cm³/mol. The van der Waals surface area contributed by atoms with Crippen molar-refractivity contribution >= 4 is 35.5 Å². The van der Waals surface area contributed by atoms with Gasteiger partial charge in [0.25, 0.3) is 0 Å². The number of nitrogens with zero attached hydrogens (tertiary/aromatic N) is 2. The molecule has 3 rings (SSSR count). The Morgan fingerprint density at radius 3 is 2.43 bits per heavy atom. The van der Waals surface area contributed by atoms with E-state index in [0.717, 1.165) is 5.56 Å². The summed E-state index contributed by atoms with van der Waals surface area (Å²) in [6.07, 6.45) is 4.77. The second kappa shape index (κ2) is 13.4. The molecule has 0 amide bonds. The van der Waals surface area contributed by atoms with Crippen molar-refractivity contribution in [2.24, 2.45) is 10.9 Å². The SMILES string of the molecule is COCC(=O)C(Cc1ccc(OC(=O)C(C)C)cc1)N=Cc1cc(Cl)cc(OC(=O)c2cccnc2)c1. The van der Waals surface area contributed by atoms with Crippen LogP contribution in [-0.2, 0) is 20.7 Å². The number of methoxy groups -OCH3 is 1. The molecule has 0 saturated carbocycles. The molecule has 192 valence electrons. The van der Waals surface area contributed by atoms with Crippen molar-refractivity contribution in [3.8, 4) is 11.5 Å². The van der Waals surface area contributed by atoms with Crippen molar-refractivity contribution in [3.05, 3.63) is 88.7 Å². The summed E-state index contributed by atoms with van der Waals surface area (Å²) in [4.78, 5) is 45.2. The number of Topliss-reactive ketones (excluding diaryl/α,β-unsaturated/α-hetero) is 1. The van der Waals surface area contributed by atoms with E-state index in [9.17, 15) is 14.4 Å². The molecule has 0 spiro atoms. The number of aliphatic imine (C=N–C) groups is 1. The van der Waals surface area contributed by atoms with E-state index in [4.69, 9.17) is 25.8 Å². The van der Waals surface area contributed by atoms with Gasteiger partial charge in [-0.25, -0.2) is 4.79 Å². The van der Waals surface area contributed by atoms with Gasteiger partial charge in [-0.05, 0) is 53.6 Å². The number of benzene rings is 2. The molecule has 2 aromatic carbocycles. The number of ketones is 1. The highest BCUT2D eigenvalue weighted by Crippen LogP contribution is 2.22. The third-order valence-corrected chi connectivity index (χ3v) is 5.32. The molecular formula is C28H27ClN2O6. The topological polar surface area (TPSA) is 104 Å². The lowest BCUT2D eigenvalue weighted by atomic mass is 10.0. The van der Waals surface area contributed by atoms with Crippen LogP contribution in [0.4, 0.5) is 0 Å². The molecule has 0 aliphatic rings. The standard InChI is InChI=1S/C28H27ClN2O6/c1-18(2)27(33)36-23-8-6-19(7-9-23)13-25(26(32)17-35-3)31-15-20-11-22(29)14-24(12-20)37-28(34)21-5-4-10-30-16-21/h4-12,14-16,18,25H,13,17H2,1-3H3. The number of hydrogen-bond acceptors (Lipinski definition) is 8. The number of carbonyl (C=O) groups excluding carboxylic acids is 3. The van der Waals surface area contributed by atoms with Crippen molar-refractivity contribution in [3.63, 3.8) is 0 Å². The zero-order chi connectivity index (χ0) is 26.8. The first kappa shape index (κ1) is 27.7. The number of hydrogen-bond donors (Lipinski definition) is 0. The van der Waals surface area contributed by atoms with Crippen LogP contribution < -0.4 is 9.47 Å². The van der Waals surface area contributed by atoms with Crippen molar-refractivity contribution in [1.29, 1.82) is 0 Å². The minimum absolute atomic E-state index is 0.102. The number of halogens is 1. The second-order valence-electron chi connectivity index (χ2n) is 8.47. The van der Waals surface area contributed by atoms with Crippen molar-refractivity contribution in [2.45, 2.75) is 26.3 Å². The zero-order valence-electron chi connectivity index (χ0n) is 20.7. The number of esters is 2. The number of pyridine rings is 1. The number of aromatic nitrogens is 1. The van der Waals surface area contributed by atoms with E-state index in [1.807, 2.05) is 0 Å². The van der Waals surface area contributed by atoms with Crippen LogP contribution in [0.5, 0.6) is 11.5 Å². The summed E-state index contributed by atoms with van der Waals surface area (Å²) in [5.74, 6) is -0.686. The number of rotatable bonds is 11. The van der Waals surface area contributed by atoms with Gasteiger partial charge in [0.05, 0.1) is 11.5 Å². The van der Waals surface area contributed by atoms with E-state index in [1.54, 1.807) is 68.6 Å². The normalized spacial score (nSPS) is 11.9. The van der Waals surface area contributed by atoms with Gasteiger partial charge in [0.2, 0.25) is 0 Å². The average Bonchev–Trinajstić information content (AvgIpc) is 2.87. The summed E-state index contributed by atoms with van der Waals surface area (Å²) in [7, 11) is 1.44. The molecule has 0 bridgehead atoms. The fraction of sp³-hybridized carbons (Fsp3) is 0.250. The first-order chi connectivity index (χ1) is 17.7. The zero-order valence-corrected chi connectivity index (χ0v) is 21.5. The Morgan fingerprint density at radius 2 is 1.78 bits per heavy atom. The summed E-state index contributed by atoms with van der Waals surface area (Å²) >= 11 is 6.22. The molecule has 1 heterocycles. The van der Waals surface area contributed by atoms with E-state index in [2.05, 4.69) is 9.98 Å². The average molecular weight is 523 g/mol. The first-order valence-electron chi connectivity index (χ1n) is 11.5. The summed E-state index contributed by atoms with van der Waals surface area (Å²) in [6, 6.07) is 14.2. The molecule has 0 radical (unpaired) electrons. The van der Waals surface area contributed by atoms with Gasteiger partial charge in [-0.15, -0.1) is 0 Å². The summed E-state index contributed by atoms with van der Waals surface area (Å²) in [6.45, 7) is 3.41. The molecule has 0 fully saturated rings. The van der Waals surface area contributed by atoms with Gasteiger partial charge in [-0.2, -0.15) is 0 Å². The lowest BCUT2D eigenvalue weighted by molar-refractivity contribution is -0.137. The van der Waals surface area contributed by atoms with Crippen molar-refractivity contribution in [1.82, 2.24) is 4.98 Å². The van der Waals surface area contributed by atoms with E-state index in [-0.39, 0.29) is 30.0 Å². The Morgan fingerprint density at radius 1 is 1.03 bits per heavy atom. The highest BCUT2D eigenvalue weighted by molar-refractivity contribution is 6.31. The lowest BCUT2D eigenvalue weighted by Gasteiger charge is -2.12. The molecule has 0 aliphatic carbocycles. The molecule has 0 N–H and O–H groups in total. The molecule has 1 aromatic heterocycles. The van der Waals surface area contributed by atoms with E-state index in [1.165, 1.54) is 25.6 Å². The molecule has 3 aromatic rings. The van der Waals surface area contributed by atoms with Gasteiger partial charge in [0.1, 0.15) is 24.1 Å². The highest BCUT2D eigenvalue weighted by Gasteiger charge is 2.18. The molecule has 1 unspecified atom stereocenters. The van der Waals surface area contributed by atoms with Crippen LogP contribution in [0.3, 0.4) is 0 Å². The van der Waals surface area contributed by atoms with Gasteiger partial charge in [0.15, 0.2) is 5.78 Å². The number of ether oxygens (including phenoxy) is 3. The highest BCUT2D eigenvalue weighted by atomic mass is 35.5. The van der Waals surface area contributed by atoms with Gasteiger partial charge < -0.3 is 14.2 Å². The Kier molecular flexibility index (Phi) is 10.1. The van der Waals surface area contributed by atoms with Crippen LogP contribution in [0.1, 0.15) is 35.3 Å². The minimum atomic E-state index is -0.732. The predicted octanol–water partition coefficient (Wildman–Crippen LogP) is 4.76. The molecule has 1 atom stereocenters. The Bertz CT molecular complexity index is 1260. The second-order valence-corrected chi connectivity index (χ2v) is 8.91. The lowest BCUT2D eigenvalue weighted by Crippen LogP contribution is -2.25. The van der Waals surface area contributed by atoms with Crippen LogP contribution in [0.15, 0.2) is 72.0 Å². The quantitative estimate of drug-likeness (QED) is 0.203. The fourth-order valence-corrected chi connectivity index (χ4v) is 3.42. The molecule has 0 saturated heterocycles. The molecule has 8 nitrogen and oxygen atoms in total. The molecular weight excluding hydrogens is 496 g/mol. The summed E-state index contributed by atoms with van der Waals surface area (Å²) < 4.78 is 15.7. The Hall–Kier alpha value is -3.88. The van der Waals surface area contributed by atoms with Gasteiger partial charge >= 0.3 is 11.9 Å². The van der Waals surface area contributed by atoms with Gasteiger partial charge in [0, 0.05) is 37.2 Å².